The Hall–Kier alpha value is -3.06. The summed E-state index contributed by atoms with van der Waals surface area (Å²) < 4.78 is 15.7. The number of hydrogen-bond acceptors (Lipinski definition) is 6. The lowest BCUT2D eigenvalue weighted by Gasteiger charge is -2.37. The van der Waals surface area contributed by atoms with Crippen molar-refractivity contribution in [3.8, 4) is 11.5 Å². The van der Waals surface area contributed by atoms with Crippen LogP contribution >= 0.6 is 0 Å². The largest absolute Gasteiger partial charge is 0.493 e. The SMILES string of the molecule is COC(=O)CC1c2cc(OC)c(OC)cc2CCN1C(=O)c1ccc(CN)cc1. The molecule has 0 aromatic heterocycles. The third kappa shape index (κ3) is 4.19. The molecule has 1 aliphatic rings. The van der Waals surface area contributed by atoms with Crippen molar-refractivity contribution in [1.29, 1.82) is 0 Å². The van der Waals surface area contributed by atoms with E-state index in [1.165, 1.54) is 7.11 Å². The van der Waals surface area contributed by atoms with E-state index in [1.807, 2.05) is 24.3 Å². The molecule has 154 valence electrons. The summed E-state index contributed by atoms with van der Waals surface area (Å²) in [5, 5.41) is 0. The first kappa shape index (κ1) is 20.7. The van der Waals surface area contributed by atoms with E-state index in [0.29, 0.717) is 36.6 Å². The minimum Gasteiger partial charge on any atom is -0.493 e. The highest BCUT2D eigenvalue weighted by atomic mass is 16.5. The zero-order valence-corrected chi connectivity index (χ0v) is 16.9. The van der Waals surface area contributed by atoms with E-state index in [1.54, 1.807) is 31.3 Å². The van der Waals surface area contributed by atoms with Crippen molar-refractivity contribution < 1.29 is 23.8 Å². The third-order valence-electron chi connectivity index (χ3n) is 5.29. The Kier molecular flexibility index (Phi) is 6.39. The van der Waals surface area contributed by atoms with Crippen molar-refractivity contribution >= 4 is 11.9 Å². The van der Waals surface area contributed by atoms with E-state index < -0.39 is 6.04 Å². The lowest BCUT2D eigenvalue weighted by molar-refractivity contribution is -0.141. The zero-order chi connectivity index (χ0) is 21.0. The quantitative estimate of drug-likeness (QED) is 0.752. The van der Waals surface area contributed by atoms with Gasteiger partial charge < -0.3 is 24.8 Å². The molecule has 3 rings (SSSR count). The summed E-state index contributed by atoms with van der Waals surface area (Å²) in [6.07, 6.45) is 0.714. The number of carbonyl (C=O) groups excluding carboxylic acids is 2. The molecule has 0 bridgehead atoms. The van der Waals surface area contributed by atoms with Crippen LogP contribution in [0.5, 0.6) is 11.5 Å². The summed E-state index contributed by atoms with van der Waals surface area (Å²) in [7, 11) is 4.49. The van der Waals surface area contributed by atoms with Crippen LogP contribution in [-0.4, -0.2) is 44.7 Å². The predicted octanol–water partition coefficient (Wildman–Crippen LogP) is 2.47. The molecular weight excluding hydrogens is 372 g/mol. The van der Waals surface area contributed by atoms with E-state index in [4.69, 9.17) is 19.9 Å². The molecule has 0 aliphatic carbocycles. The van der Waals surface area contributed by atoms with Crippen molar-refractivity contribution in [2.75, 3.05) is 27.9 Å². The summed E-state index contributed by atoms with van der Waals surface area (Å²) in [5.41, 5.74) is 9.05. The highest BCUT2D eigenvalue weighted by Gasteiger charge is 2.34. The predicted molar refractivity (Wildman–Crippen MR) is 108 cm³/mol. The topological polar surface area (TPSA) is 91.1 Å². The number of carbonyl (C=O) groups is 2. The number of esters is 1. The number of fused-ring (bicyclic) bond motifs is 1. The fraction of sp³-hybridized carbons (Fsp3) is 0.364. The molecule has 1 unspecified atom stereocenters. The van der Waals surface area contributed by atoms with Crippen LogP contribution in [0.3, 0.4) is 0 Å². The van der Waals surface area contributed by atoms with Gasteiger partial charge in [-0.25, -0.2) is 0 Å². The van der Waals surface area contributed by atoms with Crippen LogP contribution in [0.1, 0.15) is 39.5 Å². The van der Waals surface area contributed by atoms with Crippen molar-refractivity contribution in [3.63, 3.8) is 0 Å². The Bertz CT molecular complexity index is 895. The molecule has 29 heavy (non-hydrogen) atoms. The summed E-state index contributed by atoms with van der Waals surface area (Å²) >= 11 is 0. The second-order valence-corrected chi connectivity index (χ2v) is 6.85. The standard InChI is InChI=1S/C22H26N2O5/c1-27-19-10-16-8-9-24(22(26)15-6-4-14(13-23)5-7-15)18(12-21(25)29-3)17(16)11-20(19)28-2/h4-7,10-11,18H,8-9,12-13,23H2,1-3H3. The van der Waals surface area contributed by atoms with Crippen LogP contribution < -0.4 is 15.2 Å². The van der Waals surface area contributed by atoms with Gasteiger partial charge in [-0.1, -0.05) is 12.1 Å². The molecule has 0 saturated carbocycles. The average Bonchev–Trinajstić information content (AvgIpc) is 2.77. The summed E-state index contributed by atoms with van der Waals surface area (Å²) in [4.78, 5) is 27.1. The van der Waals surface area contributed by atoms with Gasteiger partial charge in [-0.2, -0.15) is 0 Å². The van der Waals surface area contributed by atoms with Gasteiger partial charge in [0, 0.05) is 18.7 Å². The smallest absolute Gasteiger partial charge is 0.307 e. The normalized spacial score (nSPS) is 15.4. The Balaban J connectivity index is 2.00. The van der Waals surface area contributed by atoms with E-state index in [2.05, 4.69) is 0 Å². The first-order chi connectivity index (χ1) is 14.0. The fourth-order valence-electron chi connectivity index (χ4n) is 3.68. The molecule has 0 fully saturated rings. The van der Waals surface area contributed by atoms with Gasteiger partial charge in [0.05, 0.1) is 33.8 Å². The molecule has 1 heterocycles. The Morgan fingerprint density at radius 2 is 1.72 bits per heavy atom. The number of nitrogens with two attached hydrogens (primary N) is 1. The molecule has 0 radical (unpaired) electrons. The van der Waals surface area contributed by atoms with Crippen LogP contribution in [0.4, 0.5) is 0 Å². The molecule has 2 aromatic carbocycles. The monoisotopic (exact) mass is 398 g/mol. The number of nitrogens with zero attached hydrogens (tertiary/aromatic N) is 1. The van der Waals surface area contributed by atoms with Gasteiger partial charge in [0.15, 0.2) is 11.5 Å². The molecule has 0 saturated heterocycles. The first-order valence-electron chi connectivity index (χ1n) is 9.44. The summed E-state index contributed by atoms with van der Waals surface area (Å²) in [6, 6.07) is 10.5. The van der Waals surface area contributed by atoms with Crippen LogP contribution in [0, 0.1) is 0 Å². The van der Waals surface area contributed by atoms with Crippen LogP contribution in [-0.2, 0) is 22.5 Å². The lowest BCUT2D eigenvalue weighted by Crippen LogP contribution is -2.41. The average molecular weight is 398 g/mol. The Morgan fingerprint density at radius 3 is 2.31 bits per heavy atom. The van der Waals surface area contributed by atoms with Crippen LogP contribution in [0.15, 0.2) is 36.4 Å². The van der Waals surface area contributed by atoms with Crippen molar-refractivity contribution in [1.82, 2.24) is 4.90 Å². The maximum Gasteiger partial charge on any atom is 0.307 e. The fourth-order valence-corrected chi connectivity index (χ4v) is 3.68. The van der Waals surface area contributed by atoms with Crippen molar-refractivity contribution in [2.24, 2.45) is 5.73 Å². The zero-order valence-electron chi connectivity index (χ0n) is 16.9. The first-order valence-corrected chi connectivity index (χ1v) is 9.44. The van der Waals surface area contributed by atoms with Gasteiger partial charge >= 0.3 is 5.97 Å². The van der Waals surface area contributed by atoms with Crippen LogP contribution in [0.2, 0.25) is 0 Å². The third-order valence-corrected chi connectivity index (χ3v) is 5.29. The molecule has 2 N–H and O–H groups in total. The number of benzene rings is 2. The highest BCUT2D eigenvalue weighted by molar-refractivity contribution is 5.95. The summed E-state index contributed by atoms with van der Waals surface area (Å²) in [5.74, 6) is 0.666. The van der Waals surface area contributed by atoms with Crippen molar-refractivity contribution in [2.45, 2.75) is 25.4 Å². The molecule has 7 heteroatoms. The molecule has 1 atom stereocenters. The van der Waals surface area contributed by atoms with Gasteiger partial charge in [0.25, 0.3) is 5.91 Å². The van der Waals surface area contributed by atoms with E-state index in [0.717, 1.165) is 16.7 Å². The molecular formula is C22H26N2O5. The van der Waals surface area contributed by atoms with Gasteiger partial charge in [0.2, 0.25) is 0 Å². The molecule has 1 aliphatic heterocycles. The Labute approximate surface area is 170 Å². The second kappa shape index (κ2) is 8.96. The van der Waals surface area contributed by atoms with Gasteiger partial charge in [0.1, 0.15) is 0 Å². The minimum atomic E-state index is -0.451. The number of amides is 1. The Morgan fingerprint density at radius 1 is 1.07 bits per heavy atom. The maximum atomic E-state index is 13.3. The second-order valence-electron chi connectivity index (χ2n) is 6.85. The van der Waals surface area contributed by atoms with E-state index in [9.17, 15) is 9.59 Å². The number of ether oxygens (including phenoxy) is 3. The van der Waals surface area contributed by atoms with Gasteiger partial charge in [-0.05, 0) is 47.4 Å². The number of methoxy groups -OCH3 is 3. The number of rotatable bonds is 6. The molecule has 0 spiro atoms. The van der Waals surface area contributed by atoms with Crippen molar-refractivity contribution in [3.05, 3.63) is 58.7 Å². The summed E-state index contributed by atoms with van der Waals surface area (Å²) in [6.45, 7) is 0.903. The molecule has 2 aromatic rings. The molecule has 7 nitrogen and oxygen atoms in total. The highest BCUT2D eigenvalue weighted by Crippen LogP contribution is 2.40. The van der Waals surface area contributed by atoms with Crippen LogP contribution in [0.25, 0.3) is 0 Å². The van der Waals surface area contributed by atoms with E-state index in [-0.39, 0.29) is 18.3 Å². The lowest BCUT2D eigenvalue weighted by atomic mass is 9.89. The molecule has 1 amide bonds. The number of hydrogen-bond donors (Lipinski definition) is 1. The minimum absolute atomic E-state index is 0.0611. The maximum absolute atomic E-state index is 13.3. The van der Waals surface area contributed by atoms with Gasteiger partial charge in [-0.15, -0.1) is 0 Å². The van der Waals surface area contributed by atoms with E-state index >= 15 is 0 Å². The van der Waals surface area contributed by atoms with Gasteiger partial charge in [-0.3, -0.25) is 9.59 Å².